The molecule has 0 aliphatic carbocycles. The first-order valence-corrected chi connectivity index (χ1v) is 18.6. The van der Waals surface area contributed by atoms with E-state index in [4.69, 9.17) is 53.7 Å². The first-order chi connectivity index (χ1) is 26.6. The van der Waals surface area contributed by atoms with Crippen LogP contribution in [0.2, 0.25) is 0 Å². The largest absolute Gasteiger partial charge is 0.480 e. The van der Waals surface area contributed by atoms with Crippen LogP contribution in [0.3, 0.4) is 0 Å². The molecule has 2 rings (SSSR count). The third kappa shape index (κ3) is 30.3. The van der Waals surface area contributed by atoms with Gasteiger partial charge in [0.15, 0.2) is 0 Å². The van der Waals surface area contributed by atoms with E-state index >= 15 is 0 Å². The second kappa shape index (κ2) is 33.2. The lowest BCUT2D eigenvalue weighted by atomic mass is 10.0. The number of hydroxylamine groups is 1. The maximum atomic E-state index is 10.5. The lowest BCUT2D eigenvalue weighted by Crippen LogP contribution is -2.39. The Bertz CT molecular complexity index is 1340. The maximum Gasteiger partial charge on any atom is 0.323 e. The maximum absolute atomic E-state index is 10.5. The molecule has 15 N–H and O–H groups in total. The number of hydrogen-bond acceptors (Lipinski definition) is 13. The number of hydrogen-bond donors (Lipinski definition) is 11. The minimum absolute atomic E-state index is 0.0208. The van der Waals surface area contributed by atoms with Gasteiger partial charge in [0.2, 0.25) is 0 Å². The first kappa shape index (κ1) is 59.8. The second-order valence-electron chi connectivity index (χ2n) is 14.7. The van der Waals surface area contributed by atoms with E-state index in [1.807, 2.05) is 65.0 Å². The molecule has 0 aliphatic rings. The van der Waals surface area contributed by atoms with Crippen LogP contribution < -0.4 is 28.4 Å². The highest BCUT2D eigenvalue weighted by Crippen LogP contribution is 2.09. The number of carboxylic acid groups (broad SMARTS) is 5. The van der Waals surface area contributed by atoms with Crippen molar-refractivity contribution in [2.24, 2.45) is 35.1 Å². The first-order valence-electron chi connectivity index (χ1n) is 18.6. The van der Waals surface area contributed by atoms with Crippen molar-refractivity contribution in [1.29, 1.82) is 0 Å². The van der Waals surface area contributed by atoms with Crippen LogP contribution in [0.25, 0.3) is 0 Å². The van der Waals surface area contributed by atoms with Crippen molar-refractivity contribution in [2.45, 2.75) is 98.4 Å². The Labute approximate surface area is 344 Å². The van der Waals surface area contributed by atoms with Gasteiger partial charge in [-0.2, -0.15) is 5.48 Å². The number of nitrogens with two attached hydrogens (primary N) is 4. The van der Waals surface area contributed by atoms with Gasteiger partial charge in [0.05, 0.1) is 0 Å². The van der Waals surface area contributed by atoms with Gasteiger partial charge in [-0.25, -0.2) is 0 Å². The van der Waals surface area contributed by atoms with Crippen LogP contribution >= 0.6 is 0 Å². The smallest absolute Gasteiger partial charge is 0.323 e. The summed E-state index contributed by atoms with van der Waals surface area (Å²) in [4.78, 5) is 55.2. The molecule has 18 nitrogen and oxygen atoms in total. The van der Waals surface area contributed by atoms with Crippen molar-refractivity contribution in [3.05, 3.63) is 60.2 Å². The number of carbonyl (C=O) groups is 5. The zero-order chi connectivity index (χ0) is 46.5. The number of likely N-dealkylation sites (N-methyl/N-ethyl adjacent to an activating group) is 2. The third-order valence-corrected chi connectivity index (χ3v) is 8.06. The Morgan fingerprint density at radius 1 is 0.586 bits per heavy atom. The highest BCUT2D eigenvalue weighted by molar-refractivity contribution is 5.75. The van der Waals surface area contributed by atoms with Crippen molar-refractivity contribution in [3.63, 3.8) is 0 Å². The number of nitrogens with zero attached hydrogens (tertiary/aromatic N) is 2. The molecule has 0 amide bonds. The number of nitrogens with one attached hydrogen (secondary N) is 1. The molecule has 0 aliphatic heterocycles. The monoisotopic (exact) mass is 828 g/mol. The van der Waals surface area contributed by atoms with Gasteiger partial charge in [0.25, 0.3) is 0 Å². The molecule has 334 valence electrons. The molecule has 0 heterocycles. The van der Waals surface area contributed by atoms with Crippen LogP contribution in [0.1, 0.15) is 67.4 Å². The summed E-state index contributed by atoms with van der Waals surface area (Å²) in [7, 11) is 7.11. The van der Waals surface area contributed by atoms with E-state index in [-0.39, 0.29) is 35.8 Å². The lowest BCUT2D eigenvalue weighted by Gasteiger charge is -2.22. The van der Waals surface area contributed by atoms with Crippen molar-refractivity contribution in [3.8, 4) is 0 Å². The van der Waals surface area contributed by atoms with Gasteiger partial charge in [-0.1, -0.05) is 92.1 Å². The van der Waals surface area contributed by atoms with Gasteiger partial charge in [-0.3, -0.25) is 33.8 Å². The van der Waals surface area contributed by atoms with Crippen LogP contribution in [-0.4, -0.2) is 129 Å². The molecule has 0 bridgehead atoms. The fourth-order valence-corrected chi connectivity index (χ4v) is 4.60. The normalized spacial score (nSPS) is 13.4. The van der Waals surface area contributed by atoms with Crippen molar-refractivity contribution >= 4 is 41.2 Å². The molecule has 6 atom stereocenters. The number of benzene rings is 2. The Morgan fingerprint density at radius 3 is 1.10 bits per heavy atom. The topological polar surface area (TPSA) is 329 Å². The summed E-state index contributed by atoms with van der Waals surface area (Å²) in [5.41, 5.74) is 25.5. The average Bonchev–Trinajstić information content (AvgIpc) is 3.09. The number of carboxylic acids is 5. The molecule has 58 heavy (non-hydrogen) atoms. The summed E-state index contributed by atoms with van der Waals surface area (Å²) in [6.45, 7) is 14.8. The van der Waals surface area contributed by atoms with E-state index < -0.39 is 48.0 Å². The molecular weight excluding hydrogens is 754 g/mol. The number of aliphatic carboxylic acids is 5. The highest BCUT2D eigenvalue weighted by atomic mass is 16.5. The molecule has 0 radical (unpaired) electrons. The lowest BCUT2D eigenvalue weighted by molar-refractivity contribution is -0.145. The Kier molecular flexibility index (Phi) is 34.2. The molecule has 18 heteroatoms. The van der Waals surface area contributed by atoms with Crippen LogP contribution in [0, 0.1) is 23.7 Å². The summed E-state index contributed by atoms with van der Waals surface area (Å²) in [5, 5.41) is 50.9. The van der Waals surface area contributed by atoms with Gasteiger partial charge in [0, 0.05) is 11.4 Å². The molecule has 2 aromatic carbocycles. The average molecular weight is 828 g/mol. The van der Waals surface area contributed by atoms with E-state index in [9.17, 15) is 24.0 Å². The molecule has 0 spiro atoms. The molecule has 0 fully saturated rings. The number of nitrogen functional groups attached to an aromatic ring is 2. The van der Waals surface area contributed by atoms with Crippen LogP contribution in [0.15, 0.2) is 54.6 Å². The van der Waals surface area contributed by atoms with Gasteiger partial charge in [-0.15, -0.1) is 0 Å². The number of rotatable bonds is 15. The van der Waals surface area contributed by atoms with E-state index in [1.165, 1.54) is 0 Å². The van der Waals surface area contributed by atoms with Gasteiger partial charge < -0.3 is 53.7 Å². The Balaban J connectivity index is -0.000000303. The predicted octanol–water partition coefficient (Wildman–Crippen LogP) is 3.33. The highest BCUT2D eigenvalue weighted by Gasteiger charge is 2.24. The second-order valence-corrected chi connectivity index (χ2v) is 14.7. The van der Waals surface area contributed by atoms with Gasteiger partial charge >= 0.3 is 29.8 Å². The fraction of sp³-hybridized carbons (Fsp3) is 0.575. The predicted molar refractivity (Wildman–Crippen MR) is 227 cm³/mol. The zero-order valence-electron chi connectivity index (χ0n) is 36.2. The molecule has 6 unspecified atom stereocenters. The zero-order valence-corrected chi connectivity index (χ0v) is 36.2. The minimum Gasteiger partial charge on any atom is -0.480 e. The Morgan fingerprint density at radius 2 is 0.948 bits per heavy atom. The summed E-state index contributed by atoms with van der Waals surface area (Å²) in [5.74, 6) is -4.12. The van der Waals surface area contributed by atoms with Crippen LogP contribution in [0.5, 0.6) is 0 Å². The molecule has 0 saturated carbocycles. The SMILES string of the molecule is CC(C)C(C(=O)O)N(C)C.CC(C)C(C(=O)O)N(C)C.CC(C)C(N)C(=O)O.CCC(C)C(NO)C(=O)O.NC(Cc1ccccc1)C(=O)O.Nc1ccc(N)cc1. The summed E-state index contributed by atoms with van der Waals surface area (Å²) >= 11 is 0. The molecule has 0 saturated heterocycles. The minimum atomic E-state index is -1.02. The molecule has 2 aromatic rings. The van der Waals surface area contributed by atoms with E-state index in [0.717, 1.165) is 23.4 Å². The van der Waals surface area contributed by atoms with Crippen LogP contribution in [0.4, 0.5) is 11.4 Å². The van der Waals surface area contributed by atoms with Gasteiger partial charge in [0.1, 0.15) is 30.2 Å². The fourth-order valence-electron chi connectivity index (χ4n) is 4.60. The Hall–Kier alpha value is -4.85. The van der Waals surface area contributed by atoms with Gasteiger partial charge in [-0.05, 0) is 88.1 Å². The summed E-state index contributed by atoms with van der Waals surface area (Å²) in [6.07, 6.45) is 1.11. The summed E-state index contributed by atoms with van der Waals surface area (Å²) < 4.78 is 0. The standard InChI is InChI=1S/C9H11NO2.2C7H15NO2.C6H8N2.C6H13NO3.C5H11NO2/c10-8(9(11)12)6-7-4-2-1-3-5-7;2*1-5(2)6(7(9)10)8(3)4;7-5-1-2-6(8)4-3-5;1-3-4(2)5(7-10)6(8)9;1-3(2)4(6)5(7)8/h1-5,8H,6,10H2,(H,11,12);2*5-6H,1-4H3,(H,9,10);1-4H,7-8H2;4-5,7,10H,3H2,1-2H3,(H,8,9);3-4H,6H2,1-2H3,(H,7,8). The van der Waals surface area contributed by atoms with Crippen molar-refractivity contribution < 1.29 is 54.7 Å². The molecular formula is C40H73N7O11. The number of anilines is 2. The van der Waals surface area contributed by atoms with Crippen LogP contribution in [-0.2, 0) is 30.4 Å². The third-order valence-electron chi connectivity index (χ3n) is 8.06. The molecule has 0 aromatic heterocycles. The quantitative estimate of drug-likeness (QED) is 0.0906. The van der Waals surface area contributed by atoms with Crippen molar-refractivity contribution in [2.75, 3.05) is 39.7 Å². The van der Waals surface area contributed by atoms with E-state index in [0.29, 0.717) is 6.42 Å². The van der Waals surface area contributed by atoms with E-state index in [1.54, 1.807) is 88.5 Å². The summed E-state index contributed by atoms with van der Waals surface area (Å²) in [6, 6.07) is 13.4. The van der Waals surface area contributed by atoms with E-state index in [2.05, 4.69) is 0 Å². The van der Waals surface area contributed by atoms with Crippen molar-refractivity contribution in [1.82, 2.24) is 15.3 Å².